The third-order valence-corrected chi connectivity index (χ3v) is 6.25. The number of hydrogen-bond donors (Lipinski definition) is 0. The molecule has 0 N–H and O–H groups in total. The summed E-state index contributed by atoms with van der Waals surface area (Å²) in [5, 5.41) is 0. The summed E-state index contributed by atoms with van der Waals surface area (Å²) in [5.41, 5.74) is 2.10. The zero-order valence-corrected chi connectivity index (χ0v) is 16.8. The van der Waals surface area contributed by atoms with Gasteiger partial charge < -0.3 is 4.90 Å². The van der Waals surface area contributed by atoms with Crippen LogP contribution in [0.5, 0.6) is 0 Å². The van der Waals surface area contributed by atoms with Gasteiger partial charge in [-0.2, -0.15) is 0 Å². The molecule has 7 heteroatoms. The van der Waals surface area contributed by atoms with E-state index in [1.807, 2.05) is 39.0 Å². The van der Waals surface area contributed by atoms with Gasteiger partial charge in [-0.1, -0.05) is 46.8 Å². The van der Waals surface area contributed by atoms with E-state index in [9.17, 15) is 9.59 Å². The first-order valence-corrected chi connectivity index (χ1v) is 9.83. The van der Waals surface area contributed by atoms with Gasteiger partial charge in [0.2, 0.25) is 0 Å². The highest BCUT2D eigenvalue weighted by atomic mass is 79.9. The van der Waals surface area contributed by atoms with E-state index < -0.39 is 0 Å². The van der Waals surface area contributed by atoms with Crippen LogP contribution in [0.2, 0.25) is 0 Å². The average molecular weight is 425 g/mol. The molecule has 0 aliphatic carbocycles. The maximum absolute atomic E-state index is 12.9. The van der Waals surface area contributed by atoms with Crippen LogP contribution >= 0.6 is 39.9 Å². The monoisotopic (exact) mass is 424 g/mol. The van der Waals surface area contributed by atoms with E-state index in [0.717, 1.165) is 22.1 Å². The number of likely N-dealkylation sites (N-methyl/N-ethyl adjacent to an activating group) is 1. The normalized spacial score (nSPS) is 21.8. The van der Waals surface area contributed by atoms with Crippen molar-refractivity contribution < 1.29 is 9.59 Å². The molecule has 1 fully saturated rings. The largest absolute Gasteiger partial charge is 0.308 e. The van der Waals surface area contributed by atoms with Crippen LogP contribution < -0.4 is 4.90 Å². The van der Waals surface area contributed by atoms with Gasteiger partial charge in [0, 0.05) is 22.6 Å². The summed E-state index contributed by atoms with van der Waals surface area (Å²) in [5.74, 6) is -0.290. The second-order valence-electron chi connectivity index (χ2n) is 5.72. The predicted octanol–water partition coefficient (Wildman–Crippen LogP) is 4.19. The topological polar surface area (TPSA) is 40.6 Å². The Balaban J connectivity index is 2.17. The SMILES string of the molecule is CCC(C)N1C(=O)C(=C2C(=O)N(CC)c3ccc(Br)cc32)SC1=S. The molecule has 1 aromatic carbocycles. The lowest BCUT2D eigenvalue weighted by molar-refractivity contribution is -0.123. The molecule has 2 heterocycles. The Morgan fingerprint density at radius 1 is 1.25 bits per heavy atom. The van der Waals surface area contributed by atoms with Crippen LogP contribution in [0.1, 0.15) is 32.8 Å². The lowest BCUT2D eigenvalue weighted by Gasteiger charge is -2.21. The van der Waals surface area contributed by atoms with E-state index in [-0.39, 0.29) is 17.9 Å². The zero-order chi connectivity index (χ0) is 17.6. The van der Waals surface area contributed by atoms with E-state index in [1.165, 1.54) is 11.8 Å². The van der Waals surface area contributed by atoms with Gasteiger partial charge >= 0.3 is 0 Å². The van der Waals surface area contributed by atoms with Gasteiger partial charge in [-0.05, 0) is 38.5 Å². The molecular weight excluding hydrogens is 408 g/mol. The van der Waals surface area contributed by atoms with Gasteiger partial charge in [-0.25, -0.2) is 0 Å². The number of carbonyl (C=O) groups excluding carboxylic acids is 2. The Labute approximate surface area is 159 Å². The number of halogens is 1. The highest BCUT2D eigenvalue weighted by Crippen LogP contribution is 2.45. The third kappa shape index (κ3) is 2.62. The number of thiocarbonyl (C=S) groups is 1. The second kappa shape index (κ2) is 6.61. The second-order valence-corrected chi connectivity index (χ2v) is 8.28. The highest BCUT2D eigenvalue weighted by molar-refractivity contribution is 9.10. The molecule has 0 saturated carbocycles. The smallest absolute Gasteiger partial charge is 0.267 e. The number of thioether (sulfide) groups is 1. The number of nitrogens with zero attached hydrogens (tertiary/aromatic N) is 2. The Kier molecular flexibility index (Phi) is 4.86. The Morgan fingerprint density at radius 3 is 2.58 bits per heavy atom. The van der Waals surface area contributed by atoms with Crippen molar-refractivity contribution in [1.82, 2.24) is 4.90 Å². The summed E-state index contributed by atoms with van der Waals surface area (Å²) >= 11 is 10.1. The van der Waals surface area contributed by atoms with Crippen LogP contribution in [0.25, 0.3) is 5.57 Å². The van der Waals surface area contributed by atoms with Crippen LogP contribution in [0.4, 0.5) is 5.69 Å². The summed E-state index contributed by atoms with van der Waals surface area (Å²) in [6.45, 7) is 6.47. The van der Waals surface area contributed by atoms with Gasteiger partial charge in [-0.15, -0.1) is 0 Å². The number of rotatable bonds is 3. The van der Waals surface area contributed by atoms with Crippen molar-refractivity contribution >= 4 is 67.3 Å². The van der Waals surface area contributed by atoms with Crippen molar-refractivity contribution in [1.29, 1.82) is 0 Å². The van der Waals surface area contributed by atoms with E-state index in [1.54, 1.807) is 9.80 Å². The van der Waals surface area contributed by atoms with Crippen molar-refractivity contribution in [2.45, 2.75) is 33.2 Å². The fourth-order valence-corrected chi connectivity index (χ4v) is 4.82. The minimum atomic E-state index is -0.161. The summed E-state index contributed by atoms with van der Waals surface area (Å²) in [6, 6.07) is 5.73. The lowest BCUT2D eigenvalue weighted by Crippen LogP contribution is -2.36. The molecule has 0 radical (unpaired) electrons. The van der Waals surface area contributed by atoms with Gasteiger partial charge in [0.05, 0.1) is 16.2 Å². The maximum Gasteiger partial charge on any atom is 0.267 e. The average Bonchev–Trinajstić information content (AvgIpc) is 2.99. The molecule has 0 aromatic heterocycles. The van der Waals surface area contributed by atoms with Crippen LogP contribution in [-0.4, -0.2) is 33.6 Å². The summed E-state index contributed by atoms with van der Waals surface area (Å²) in [4.78, 5) is 29.6. The molecule has 1 unspecified atom stereocenters. The van der Waals surface area contributed by atoms with E-state index in [2.05, 4.69) is 15.9 Å². The number of carbonyl (C=O) groups is 2. The lowest BCUT2D eigenvalue weighted by atomic mass is 10.1. The van der Waals surface area contributed by atoms with Crippen molar-refractivity contribution in [3.63, 3.8) is 0 Å². The molecule has 1 aromatic rings. The molecule has 4 nitrogen and oxygen atoms in total. The van der Waals surface area contributed by atoms with Crippen LogP contribution in [0.3, 0.4) is 0 Å². The van der Waals surface area contributed by atoms with Gasteiger partial charge in [0.15, 0.2) is 0 Å². The van der Waals surface area contributed by atoms with Gasteiger partial charge in [-0.3, -0.25) is 14.5 Å². The first-order chi connectivity index (χ1) is 11.4. The van der Waals surface area contributed by atoms with Gasteiger partial charge in [0.1, 0.15) is 4.32 Å². The molecule has 3 rings (SSSR count). The fourth-order valence-electron chi connectivity index (χ4n) is 2.93. The van der Waals surface area contributed by atoms with Crippen molar-refractivity contribution in [2.24, 2.45) is 0 Å². The van der Waals surface area contributed by atoms with Crippen LogP contribution in [-0.2, 0) is 9.59 Å². The zero-order valence-electron chi connectivity index (χ0n) is 13.6. The first-order valence-electron chi connectivity index (χ1n) is 7.82. The standard InChI is InChI=1S/C17H17BrN2O2S2/c1-4-9(3)20-16(22)14(24-17(20)23)13-11-8-10(18)6-7-12(11)19(5-2)15(13)21/h6-9H,4-5H2,1-3H3. The molecule has 0 bridgehead atoms. The van der Waals surface area contributed by atoms with Crippen molar-refractivity contribution in [3.05, 3.63) is 33.1 Å². The first kappa shape index (κ1) is 17.6. The Hall–Kier alpha value is -1.18. The molecule has 2 amide bonds. The maximum atomic E-state index is 12.9. The number of hydrogen-bond acceptors (Lipinski definition) is 4. The third-order valence-electron chi connectivity index (χ3n) is 4.35. The molecule has 1 atom stereocenters. The van der Waals surface area contributed by atoms with Crippen molar-refractivity contribution in [2.75, 3.05) is 11.4 Å². The minimum Gasteiger partial charge on any atom is -0.308 e. The molecular formula is C17H17BrN2O2S2. The van der Waals surface area contributed by atoms with E-state index >= 15 is 0 Å². The molecule has 2 aliphatic heterocycles. The molecule has 1 saturated heterocycles. The molecule has 24 heavy (non-hydrogen) atoms. The molecule has 126 valence electrons. The van der Waals surface area contributed by atoms with Crippen LogP contribution in [0, 0.1) is 0 Å². The van der Waals surface area contributed by atoms with Crippen molar-refractivity contribution in [3.8, 4) is 0 Å². The summed E-state index contributed by atoms with van der Waals surface area (Å²) in [7, 11) is 0. The number of fused-ring (bicyclic) bond motifs is 1. The molecule has 0 spiro atoms. The number of anilines is 1. The number of benzene rings is 1. The Bertz CT molecular complexity index is 791. The van der Waals surface area contributed by atoms with Gasteiger partial charge in [0.25, 0.3) is 11.8 Å². The highest BCUT2D eigenvalue weighted by Gasteiger charge is 2.42. The predicted molar refractivity (Wildman–Crippen MR) is 106 cm³/mol. The Morgan fingerprint density at radius 2 is 1.96 bits per heavy atom. The minimum absolute atomic E-state index is 0.0244. The summed E-state index contributed by atoms with van der Waals surface area (Å²) in [6.07, 6.45) is 0.812. The molecule has 2 aliphatic rings. The number of amides is 2. The summed E-state index contributed by atoms with van der Waals surface area (Å²) < 4.78 is 1.40. The van der Waals surface area contributed by atoms with E-state index in [4.69, 9.17) is 12.2 Å². The van der Waals surface area contributed by atoms with Crippen LogP contribution in [0.15, 0.2) is 27.6 Å². The quantitative estimate of drug-likeness (QED) is 0.538. The fraction of sp³-hybridized carbons (Fsp3) is 0.353. The van der Waals surface area contributed by atoms with E-state index in [0.29, 0.717) is 21.3 Å².